The van der Waals surface area contributed by atoms with Crippen LogP contribution in [0.15, 0.2) is 0 Å². The lowest BCUT2D eigenvalue weighted by Gasteiger charge is -2.08. The lowest BCUT2D eigenvalue weighted by atomic mass is 10.2. The summed E-state index contributed by atoms with van der Waals surface area (Å²) in [5.74, 6) is 0. The van der Waals surface area contributed by atoms with Crippen LogP contribution in [-0.4, -0.2) is 18.9 Å². The third-order valence-electron chi connectivity index (χ3n) is 1.41. The third-order valence-corrected chi connectivity index (χ3v) is 1.41. The van der Waals surface area contributed by atoms with Crippen molar-refractivity contribution in [3.8, 4) is 0 Å². The van der Waals surface area contributed by atoms with E-state index in [1.54, 1.807) is 0 Å². The van der Waals surface area contributed by atoms with Crippen LogP contribution in [0.5, 0.6) is 0 Å². The lowest BCUT2D eigenvalue weighted by molar-refractivity contribution is 0.510. The Morgan fingerprint density at radius 1 is 1.60 bits per heavy atom. The van der Waals surface area contributed by atoms with Gasteiger partial charge in [-0.25, -0.2) is 0 Å². The Balaban J connectivity index is 3.04. The second-order valence-corrected chi connectivity index (χ2v) is 2.56. The van der Waals surface area contributed by atoms with Crippen LogP contribution >= 0.6 is 0 Å². The molecule has 2 heteroatoms. The van der Waals surface area contributed by atoms with E-state index >= 15 is 0 Å². The van der Waals surface area contributed by atoms with E-state index in [-0.39, 0.29) is 0 Å². The number of nitrogens with one attached hydrogen (secondary N) is 1. The number of carbonyl (C=O) groups excluding carboxylic acids is 1. The van der Waals surface area contributed by atoms with Crippen molar-refractivity contribution in [1.29, 1.82) is 0 Å². The SMILES string of the molecule is CCCCNC(C)C[C]=O. The molecule has 1 atom stereocenters. The van der Waals surface area contributed by atoms with Crippen LogP contribution in [0.2, 0.25) is 0 Å². The maximum absolute atomic E-state index is 9.88. The number of unbranched alkanes of at least 4 members (excludes halogenated alkanes) is 1. The maximum Gasteiger partial charge on any atom is 0.199 e. The van der Waals surface area contributed by atoms with Gasteiger partial charge in [0.2, 0.25) is 0 Å². The van der Waals surface area contributed by atoms with Crippen molar-refractivity contribution in [2.24, 2.45) is 0 Å². The molecule has 0 aliphatic rings. The highest BCUT2D eigenvalue weighted by molar-refractivity contribution is 5.51. The van der Waals surface area contributed by atoms with E-state index in [1.807, 2.05) is 13.2 Å². The van der Waals surface area contributed by atoms with Crippen molar-refractivity contribution in [3.05, 3.63) is 0 Å². The van der Waals surface area contributed by atoms with Gasteiger partial charge in [0, 0.05) is 12.5 Å². The van der Waals surface area contributed by atoms with Gasteiger partial charge in [-0.3, -0.25) is 4.79 Å². The zero-order valence-corrected chi connectivity index (χ0v) is 6.81. The summed E-state index contributed by atoms with van der Waals surface area (Å²) in [6.07, 6.45) is 4.77. The van der Waals surface area contributed by atoms with Crippen molar-refractivity contribution >= 4 is 6.29 Å². The molecule has 0 saturated carbocycles. The summed E-state index contributed by atoms with van der Waals surface area (Å²) in [5.41, 5.74) is 0. The Morgan fingerprint density at radius 3 is 2.80 bits per heavy atom. The van der Waals surface area contributed by atoms with Crippen molar-refractivity contribution in [2.75, 3.05) is 6.54 Å². The predicted octanol–water partition coefficient (Wildman–Crippen LogP) is 1.26. The van der Waals surface area contributed by atoms with Gasteiger partial charge in [0.1, 0.15) is 0 Å². The van der Waals surface area contributed by atoms with Crippen molar-refractivity contribution in [3.63, 3.8) is 0 Å². The molecule has 2 nitrogen and oxygen atoms in total. The van der Waals surface area contributed by atoms with Crippen molar-refractivity contribution in [1.82, 2.24) is 5.32 Å². The molecule has 0 rings (SSSR count). The van der Waals surface area contributed by atoms with E-state index in [2.05, 4.69) is 12.2 Å². The zero-order chi connectivity index (χ0) is 7.82. The molecule has 0 heterocycles. The fraction of sp³-hybridized carbons (Fsp3) is 0.875. The average Bonchev–Trinajstić information content (AvgIpc) is 1.89. The fourth-order valence-corrected chi connectivity index (χ4v) is 0.722. The van der Waals surface area contributed by atoms with Crippen LogP contribution in [0, 0.1) is 0 Å². The van der Waals surface area contributed by atoms with Crippen LogP contribution in [-0.2, 0) is 4.79 Å². The Labute approximate surface area is 63.0 Å². The third kappa shape index (κ3) is 5.76. The minimum Gasteiger partial charge on any atom is -0.314 e. The second-order valence-electron chi connectivity index (χ2n) is 2.56. The van der Waals surface area contributed by atoms with Gasteiger partial charge in [0.05, 0.1) is 0 Å². The Bertz CT molecular complexity index is 83.3. The molecular formula is C8H16NO. The molecule has 0 amide bonds. The Kier molecular flexibility index (Phi) is 6.50. The zero-order valence-electron chi connectivity index (χ0n) is 6.81. The highest BCUT2D eigenvalue weighted by Crippen LogP contribution is 1.88. The molecule has 59 valence electrons. The van der Waals surface area contributed by atoms with Gasteiger partial charge in [-0.15, -0.1) is 0 Å². The van der Waals surface area contributed by atoms with E-state index < -0.39 is 0 Å². The molecule has 0 aromatic rings. The molecule has 0 saturated heterocycles. The Morgan fingerprint density at radius 2 is 2.30 bits per heavy atom. The molecule has 0 aliphatic carbocycles. The first kappa shape index (κ1) is 9.63. The number of hydrogen-bond donors (Lipinski definition) is 1. The molecule has 1 N–H and O–H groups in total. The molecule has 0 aromatic heterocycles. The minimum atomic E-state index is 0.295. The van der Waals surface area contributed by atoms with Crippen LogP contribution in [0.3, 0.4) is 0 Å². The Hall–Kier alpha value is -0.370. The first-order valence-electron chi connectivity index (χ1n) is 3.89. The van der Waals surface area contributed by atoms with E-state index in [0.29, 0.717) is 12.5 Å². The molecule has 0 spiro atoms. The number of rotatable bonds is 6. The molecule has 0 fully saturated rings. The van der Waals surface area contributed by atoms with Crippen LogP contribution < -0.4 is 5.32 Å². The van der Waals surface area contributed by atoms with Crippen LogP contribution in [0.25, 0.3) is 0 Å². The predicted molar refractivity (Wildman–Crippen MR) is 42.7 cm³/mol. The standard InChI is InChI=1S/C8H16NO/c1-3-4-6-9-8(2)5-7-10/h8-9H,3-6H2,1-2H3. The summed E-state index contributed by atoms with van der Waals surface area (Å²) in [6.45, 7) is 5.16. The van der Waals surface area contributed by atoms with Gasteiger partial charge in [0.15, 0.2) is 6.29 Å². The monoisotopic (exact) mass is 142 g/mol. The molecule has 0 aliphatic heterocycles. The smallest absolute Gasteiger partial charge is 0.199 e. The van der Waals surface area contributed by atoms with Gasteiger partial charge >= 0.3 is 0 Å². The van der Waals surface area contributed by atoms with Gasteiger partial charge in [0.25, 0.3) is 0 Å². The van der Waals surface area contributed by atoms with Crippen molar-refractivity contribution < 1.29 is 4.79 Å². The van der Waals surface area contributed by atoms with Gasteiger partial charge in [-0.1, -0.05) is 13.3 Å². The topological polar surface area (TPSA) is 29.1 Å². The van der Waals surface area contributed by atoms with Gasteiger partial charge in [-0.05, 0) is 19.9 Å². The molecule has 1 unspecified atom stereocenters. The first-order chi connectivity index (χ1) is 4.81. The summed E-state index contributed by atoms with van der Waals surface area (Å²) in [5, 5.41) is 3.22. The summed E-state index contributed by atoms with van der Waals surface area (Å²) < 4.78 is 0. The second kappa shape index (κ2) is 6.75. The highest BCUT2D eigenvalue weighted by Gasteiger charge is 1.97. The lowest BCUT2D eigenvalue weighted by Crippen LogP contribution is -2.27. The quantitative estimate of drug-likeness (QED) is 0.566. The fourth-order valence-electron chi connectivity index (χ4n) is 0.722. The van der Waals surface area contributed by atoms with Gasteiger partial charge < -0.3 is 5.32 Å². The highest BCUT2D eigenvalue weighted by atomic mass is 16.1. The van der Waals surface area contributed by atoms with Crippen LogP contribution in [0.4, 0.5) is 0 Å². The summed E-state index contributed by atoms with van der Waals surface area (Å²) >= 11 is 0. The number of hydrogen-bond acceptors (Lipinski definition) is 2. The van der Waals surface area contributed by atoms with E-state index in [9.17, 15) is 4.79 Å². The molecular weight excluding hydrogens is 126 g/mol. The van der Waals surface area contributed by atoms with E-state index in [1.165, 1.54) is 12.8 Å². The largest absolute Gasteiger partial charge is 0.314 e. The van der Waals surface area contributed by atoms with Crippen LogP contribution in [0.1, 0.15) is 33.1 Å². The van der Waals surface area contributed by atoms with Gasteiger partial charge in [-0.2, -0.15) is 0 Å². The summed E-state index contributed by atoms with van der Waals surface area (Å²) in [7, 11) is 0. The maximum atomic E-state index is 9.88. The first-order valence-corrected chi connectivity index (χ1v) is 3.89. The van der Waals surface area contributed by atoms with E-state index in [4.69, 9.17) is 0 Å². The molecule has 1 radical (unpaired) electrons. The molecule has 0 aromatic carbocycles. The summed E-state index contributed by atoms with van der Waals surface area (Å²) in [6, 6.07) is 0.295. The van der Waals surface area contributed by atoms with Crippen molar-refractivity contribution in [2.45, 2.75) is 39.2 Å². The normalized spacial score (nSPS) is 13.0. The molecule has 10 heavy (non-hydrogen) atoms. The minimum absolute atomic E-state index is 0.295. The summed E-state index contributed by atoms with van der Waals surface area (Å²) in [4.78, 5) is 9.88. The molecule has 0 bridgehead atoms. The van der Waals surface area contributed by atoms with E-state index in [0.717, 1.165) is 6.54 Å². The average molecular weight is 142 g/mol.